The second-order valence-corrected chi connectivity index (χ2v) is 7.59. The van der Waals surface area contributed by atoms with Crippen LogP contribution in [0, 0.1) is 11.6 Å². The number of aryl methyl sites for hydroxylation is 1. The van der Waals surface area contributed by atoms with Gasteiger partial charge in [0.15, 0.2) is 5.65 Å². The number of pyridine rings is 2. The van der Waals surface area contributed by atoms with E-state index < -0.39 is 5.82 Å². The van der Waals surface area contributed by atoms with Gasteiger partial charge in [-0.05, 0) is 48.7 Å². The summed E-state index contributed by atoms with van der Waals surface area (Å²) in [5, 5.41) is 15.1. The molecule has 8 nitrogen and oxygen atoms in total. The van der Waals surface area contributed by atoms with E-state index in [9.17, 15) is 8.78 Å². The summed E-state index contributed by atoms with van der Waals surface area (Å²) < 4.78 is 42.9. The van der Waals surface area contributed by atoms with Gasteiger partial charge in [-0.25, -0.2) is 8.78 Å². The van der Waals surface area contributed by atoms with Crippen LogP contribution >= 0.6 is 0 Å². The first-order chi connectivity index (χ1) is 16.1. The van der Waals surface area contributed by atoms with E-state index in [-0.39, 0.29) is 23.9 Å². The zero-order valence-electron chi connectivity index (χ0n) is 17.2. The number of nitrogens with zero attached hydrogens (tertiary/aromatic N) is 4. The fourth-order valence-corrected chi connectivity index (χ4v) is 4.42. The highest BCUT2D eigenvalue weighted by Crippen LogP contribution is 2.41. The van der Waals surface area contributed by atoms with Crippen molar-refractivity contribution in [2.45, 2.75) is 18.8 Å². The van der Waals surface area contributed by atoms with Crippen LogP contribution in [0.25, 0.3) is 16.9 Å². The van der Waals surface area contributed by atoms with E-state index in [1.54, 1.807) is 22.9 Å². The zero-order valence-corrected chi connectivity index (χ0v) is 17.2. The highest BCUT2D eigenvalue weighted by atomic mass is 19.1. The van der Waals surface area contributed by atoms with Crippen molar-refractivity contribution >= 4 is 12.1 Å². The van der Waals surface area contributed by atoms with Crippen LogP contribution in [0.3, 0.4) is 0 Å². The number of fused-ring (bicyclic) bond motifs is 3. The summed E-state index contributed by atoms with van der Waals surface area (Å²) in [5.41, 5.74) is 3.52. The molecule has 5 heterocycles. The lowest BCUT2D eigenvalue weighted by Crippen LogP contribution is -2.13. The van der Waals surface area contributed by atoms with Crippen LogP contribution in [0.2, 0.25) is 0 Å². The summed E-state index contributed by atoms with van der Waals surface area (Å²) >= 11 is 0. The number of benzene rings is 1. The molecule has 1 N–H and O–H groups in total. The number of carbonyl (C=O) groups is 1. The van der Waals surface area contributed by atoms with Crippen LogP contribution in [0.4, 0.5) is 8.78 Å². The molecule has 0 fully saturated rings. The van der Waals surface area contributed by atoms with E-state index in [4.69, 9.17) is 19.4 Å². The van der Waals surface area contributed by atoms with Crippen molar-refractivity contribution in [1.82, 2.24) is 19.6 Å². The van der Waals surface area contributed by atoms with Gasteiger partial charge in [-0.2, -0.15) is 0 Å². The molecule has 2 aliphatic heterocycles. The Balaban J connectivity index is 0.000000724. The van der Waals surface area contributed by atoms with Gasteiger partial charge in [0, 0.05) is 11.8 Å². The van der Waals surface area contributed by atoms with Crippen molar-refractivity contribution in [1.29, 1.82) is 0 Å². The molecular weight excluding hydrogens is 434 g/mol. The fraction of sp³-hybridized carbons (Fsp3) is 0.217. The third-order valence-electron chi connectivity index (χ3n) is 5.81. The Morgan fingerprint density at radius 3 is 2.67 bits per heavy atom. The van der Waals surface area contributed by atoms with Crippen molar-refractivity contribution in [2.24, 2.45) is 0 Å². The van der Waals surface area contributed by atoms with Crippen LogP contribution in [0.1, 0.15) is 22.7 Å². The average Bonchev–Trinajstić information content (AvgIpc) is 3.46. The largest absolute Gasteiger partial charge is 0.493 e. The van der Waals surface area contributed by atoms with Gasteiger partial charge >= 0.3 is 0 Å². The normalized spacial score (nSPS) is 16.1. The summed E-state index contributed by atoms with van der Waals surface area (Å²) in [4.78, 5) is 12.6. The molecule has 3 aromatic heterocycles. The first-order valence-electron chi connectivity index (χ1n) is 10.2. The summed E-state index contributed by atoms with van der Waals surface area (Å²) in [6, 6.07) is 7.79. The van der Waals surface area contributed by atoms with Gasteiger partial charge < -0.3 is 14.6 Å². The van der Waals surface area contributed by atoms with E-state index in [2.05, 4.69) is 15.2 Å². The SMILES string of the molecule is Fc1cccnc1-c1cc2c(n3cnnc13)CCc1c(F)ccc3c1[C@H](CO3)CO2.O=CO. The molecule has 0 amide bonds. The predicted molar refractivity (Wildman–Crippen MR) is 112 cm³/mol. The Morgan fingerprint density at radius 2 is 1.88 bits per heavy atom. The monoisotopic (exact) mass is 452 g/mol. The molecule has 6 rings (SSSR count). The van der Waals surface area contributed by atoms with Gasteiger partial charge in [-0.3, -0.25) is 14.2 Å². The molecular formula is C23H18F2N4O4. The predicted octanol–water partition coefficient (Wildman–Crippen LogP) is 3.42. The van der Waals surface area contributed by atoms with Crippen LogP contribution < -0.4 is 9.47 Å². The van der Waals surface area contributed by atoms with Gasteiger partial charge in [0.2, 0.25) is 0 Å². The summed E-state index contributed by atoms with van der Waals surface area (Å²) in [5.74, 6) is 0.553. The molecule has 0 bridgehead atoms. The molecule has 0 spiro atoms. The number of carboxylic acid groups (broad SMARTS) is 1. The Labute approximate surface area is 186 Å². The van der Waals surface area contributed by atoms with Gasteiger partial charge in [0.1, 0.15) is 35.2 Å². The molecule has 0 saturated heterocycles. The van der Waals surface area contributed by atoms with Crippen molar-refractivity contribution in [3.05, 3.63) is 71.3 Å². The maximum atomic E-state index is 14.7. The molecule has 168 valence electrons. The number of ether oxygens (including phenoxy) is 2. The van der Waals surface area contributed by atoms with E-state index in [1.807, 2.05) is 0 Å². The molecule has 0 saturated carbocycles. The molecule has 0 radical (unpaired) electrons. The van der Waals surface area contributed by atoms with Crippen LogP contribution in [-0.2, 0) is 17.6 Å². The van der Waals surface area contributed by atoms with Crippen molar-refractivity contribution < 1.29 is 28.2 Å². The molecule has 0 unspecified atom stereocenters. The standard InChI is InChI=1S/C22H16F2N4O2.CH2O2/c23-15-4-6-18-20-12(9-29-18)10-30-19-8-14(21-16(24)2-1-7-25-21)22-27-26-11-28(22)17(19)5-3-13(15)20;2-1-3/h1-2,4,6-8,11-12H,3,5,9-10H2;1H,(H,2,3)/t12-;/m1./s1. The fourth-order valence-electron chi connectivity index (χ4n) is 4.42. The summed E-state index contributed by atoms with van der Waals surface area (Å²) in [7, 11) is 0. The quantitative estimate of drug-likeness (QED) is 0.442. The highest BCUT2D eigenvalue weighted by Gasteiger charge is 2.31. The molecule has 4 aromatic rings. The van der Waals surface area contributed by atoms with Gasteiger partial charge in [-0.15, -0.1) is 10.2 Å². The molecule has 1 aromatic carbocycles. The Kier molecular flexibility index (Phi) is 5.33. The number of hydrogen-bond donors (Lipinski definition) is 1. The molecule has 1 atom stereocenters. The van der Waals surface area contributed by atoms with Crippen LogP contribution in [0.5, 0.6) is 11.5 Å². The van der Waals surface area contributed by atoms with E-state index in [0.29, 0.717) is 48.6 Å². The van der Waals surface area contributed by atoms with Crippen molar-refractivity contribution in [2.75, 3.05) is 13.2 Å². The third kappa shape index (κ3) is 3.53. The number of aromatic nitrogens is 4. The van der Waals surface area contributed by atoms with Crippen LogP contribution in [0.15, 0.2) is 42.9 Å². The smallest absolute Gasteiger partial charge is 0.290 e. The van der Waals surface area contributed by atoms with Gasteiger partial charge in [0.25, 0.3) is 6.47 Å². The molecule has 2 aliphatic rings. The first kappa shape index (κ1) is 20.8. The van der Waals surface area contributed by atoms with Gasteiger partial charge in [-0.1, -0.05) is 0 Å². The average molecular weight is 452 g/mol. The highest BCUT2D eigenvalue weighted by molar-refractivity contribution is 5.77. The first-order valence-corrected chi connectivity index (χ1v) is 10.2. The van der Waals surface area contributed by atoms with E-state index in [1.165, 1.54) is 24.4 Å². The number of rotatable bonds is 1. The minimum absolute atomic E-state index is 0.0664. The Morgan fingerprint density at radius 1 is 1.09 bits per heavy atom. The lowest BCUT2D eigenvalue weighted by atomic mass is 9.93. The van der Waals surface area contributed by atoms with E-state index >= 15 is 0 Å². The Hall–Kier alpha value is -4.08. The zero-order chi connectivity index (χ0) is 22.9. The summed E-state index contributed by atoms with van der Waals surface area (Å²) in [6.45, 7) is 0.520. The number of hydrogen-bond acceptors (Lipinski definition) is 6. The van der Waals surface area contributed by atoms with Crippen molar-refractivity contribution in [3.63, 3.8) is 0 Å². The maximum Gasteiger partial charge on any atom is 0.290 e. The third-order valence-corrected chi connectivity index (χ3v) is 5.81. The van der Waals surface area contributed by atoms with Crippen molar-refractivity contribution in [3.8, 4) is 22.8 Å². The Bertz CT molecular complexity index is 1360. The van der Waals surface area contributed by atoms with Gasteiger partial charge in [0.05, 0.1) is 30.4 Å². The summed E-state index contributed by atoms with van der Waals surface area (Å²) in [6.07, 6.45) is 4.09. The lowest BCUT2D eigenvalue weighted by molar-refractivity contribution is -0.122. The van der Waals surface area contributed by atoms with Crippen LogP contribution in [-0.4, -0.2) is 44.4 Å². The molecule has 33 heavy (non-hydrogen) atoms. The molecule has 10 heteroatoms. The second kappa shape index (κ2) is 8.45. The second-order valence-electron chi connectivity index (χ2n) is 7.59. The van der Waals surface area contributed by atoms with E-state index in [0.717, 1.165) is 17.0 Å². The minimum Gasteiger partial charge on any atom is -0.493 e. The topological polar surface area (TPSA) is 98.8 Å². The maximum absolute atomic E-state index is 14.7. The molecule has 0 aliphatic carbocycles. The lowest BCUT2D eigenvalue weighted by Gasteiger charge is -2.16. The minimum atomic E-state index is -0.450. The number of halogens is 2.